The second-order valence-corrected chi connectivity index (χ2v) is 8.42. The summed E-state index contributed by atoms with van der Waals surface area (Å²) >= 11 is 0. The summed E-state index contributed by atoms with van der Waals surface area (Å²) in [7, 11) is 0. The first-order valence-electron chi connectivity index (χ1n) is 11.2. The van der Waals surface area contributed by atoms with Gasteiger partial charge in [-0.1, -0.05) is 60.7 Å². The fraction of sp³-hybridized carbons (Fsp3) is 0.103. The maximum absolute atomic E-state index is 4.85. The molecule has 32 heavy (non-hydrogen) atoms. The van der Waals surface area contributed by atoms with Crippen molar-refractivity contribution >= 4 is 32.6 Å². The van der Waals surface area contributed by atoms with Crippen molar-refractivity contribution in [3.63, 3.8) is 0 Å². The van der Waals surface area contributed by atoms with Crippen molar-refractivity contribution in [2.75, 3.05) is 0 Å². The third kappa shape index (κ3) is 3.56. The van der Waals surface area contributed by atoms with Gasteiger partial charge in [0, 0.05) is 39.9 Å². The highest BCUT2D eigenvalue weighted by molar-refractivity contribution is 5.86. The van der Waals surface area contributed by atoms with Crippen LogP contribution in [0.15, 0.2) is 97.2 Å². The lowest BCUT2D eigenvalue weighted by atomic mass is 9.90. The Bertz CT molecular complexity index is 1450. The summed E-state index contributed by atoms with van der Waals surface area (Å²) in [6.45, 7) is 0. The number of benzene rings is 3. The van der Waals surface area contributed by atoms with Crippen LogP contribution in [0.4, 0.5) is 0 Å². The highest BCUT2D eigenvalue weighted by atomic mass is 14.7. The molecule has 0 aliphatic carbocycles. The zero-order valence-electron chi connectivity index (χ0n) is 17.8. The lowest BCUT2D eigenvalue weighted by Crippen LogP contribution is -2.09. The van der Waals surface area contributed by atoms with E-state index in [-0.39, 0.29) is 0 Å². The van der Waals surface area contributed by atoms with Gasteiger partial charge in [0.05, 0.1) is 5.69 Å². The van der Waals surface area contributed by atoms with E-state index in [1.54, 1.807) is 0 Å². The number of hydrogen-bond acceptors (Lipinski definition) is 1. The third-order valence-electron chi connectivity index (χ3n) is 6.28. The zero-order chi connectivity index (χ0) is 21.3. The first-order valence-corrected chi connectivity index (χ1v) is 11.2. The lowest BCUT2D eigenvalue weighted by molar-refractivity contribution is 0.773. The third-order valence-corrected chi connectivity index (χ3v) is 6.28. The van der Waals surface area contributed by atoms with Crippen molar-refractivity contribution in [1.82, 2.24) is 15.0 Å². The standard InChI is InChI=1S/C29H24N3/c1-4-10-26-20(7-1)15-16-30-29(26)23(19-25-18-22-9-3-6-12-28(22)32-25)13-14-24-17-21-8-2-5-11-27(21)31-24/h1-12,15-18,31-32H,13-14,19H2. The van der Waals surface area contributed by atoms with Crippen LogP contribution in [0.3, 0.4) is 0 Å². The fourth-order valence-corrected chi connectivity index (χ4v) is 4.70. The smallest absolute Gasteiger partial charge is 0.0557 e. The van der Waals surface area contributed by atoms with Crippen molar-refractivity contribution in [3.8, 4) is 0 Å². The van der Waals surface area contributed by atoms with Crippen molar-refractivity contribution in [3.05, 3.63) is 120 Å². The topological polar surface area (TPSA) is 44.5 Å². The molecule has 0 aliphatic heterocycles. The largest absolute Gasteiger partial charge is 0.358 e. The normalized spacial score (nSPS) is 11.8. The molecule has 6 aromatic rings. The molecule has 3 aromatic heterocycles. The van der Waals surface area contributed by atoms with E-state index in [1.165, 1.54) is 49.9 Å². The van der Waals surface area contributed by atoms with E-state index in [1.807, 2.05) is 6.20 Å². The number of pyridine rings is 1. The van der Waals surface area contributed by atoms with Gasteiger partial charge in [-0.2, -0.15) is 0 Å². The van der Waals surface area contributed by atoms with Crippen molar-refractivity contribution < 1.29 is 0 Å². The van der Waals surface area contributed by atoms with Gasteiger partial charge in [-0.3, -0.25) is 4.98 Å². The molecule has 0 bridgehead atoms. The van der Waals surface area contributed by atoms with Gasteiger partial charge in [-0.15, -0.1) is 0 Å². The number of nitrogens with one attached hydrogen (secondary N) is 2. The van der Waals surface area contributed by atoms with Crippen LogP contribution >= 0.6 is 0 Å². The van der Waals surface area contributed by atoms with Gasteiger partial charge < -0.3 is 9.97 Å². The molecule has 3 nitrogen and oxygen atoms in total. The molecule has 0 fully saturated rings. The summed E-state index contributed by atoms with van der Waals surface area (Å²) < 4.78 is 0. The summed E-state index contributed by atoms with van der Waals surface area (Å²) in [6, 6.07) is 32.1. The average molecular weight is 415 g/mol. The van der Waals surface area contributed by atoms with Crippen LogP contribution < -0.4 is 0 Å². The molecule has 1 radical (unpaired) electrons. The fourth-order valence-electron chi connectivity index (χ4n) is 4.70. The summed E-state index contributed by atoms with van der Waals surface area (Å²) in [5, 5.41) is 4.97. The summed E-state index contributed by atoms with van der Waals surface area (Å²) in [4.78, 5) is 12.0. The highest BCUT2D eigenvalue weighted by Gasteiger charge is 2.19. The predicted molar refractivity (Wildman–Crippen MR) is 133 cm³/mol. The summed E-state index contributed by atoms with van der Waals surface area (Å²) in [5.74, 6) is 1.35. The Balaban J connectivity index is 1.36. The van der Waals surface area contributed by atoms with Crippen LogP contribution in [-0.2, 0) is 12.8 Å². The van der Waals surface area contributed by atoms with Gasteiger partial charge >= 0.3 is 0 Å². The van der Waals surface area contributed by atoms with E-state index in [9.17, 15) is 0 Å². The summed E-state index contributed by atoms with van der Waals surface area (Å²) in [6.07, 6.45) is 4.69. The van der Waals surface area contributed by atoms with Gasteiger partial charge in [0.2, 0.25) is 0 Å². The lowest BCUT2D eigenvalue weighted by Gasteiger charge is -2.17. The van der Waals surface area contributed by atoms with Crippen molar-refractivity contribution in [1.29, 1.82) is 0 Å². The van der Waals surface area contributed by atoms with E-state index in [0.29, 0.717) is 0 Å². The van der Waals surface area contributed by atoms with Crippen LogP contribution in [0.5, 0.6) is 0 Å². The number of aromatic nitrogens is 3. The van der Waals surface area contributed by atoms with Gasteiger partial charge in [-0.25, -0.2) is 0 Å². The Morgan fingerprint density at radius 1 is 0.656 bits per heavy atom. The SMILES string of the molecule is c1ccc2[nH]c(CC[C](Cc3cc4ccccc4[nH]3)c3nccc4ccccc34)cc2c1. The van der Waals surface area contributed by atoms with Crippen LogP contribution in [-0.4, -0.2) is 15.0 Å². The number of para-hydroxylation sites is 2. The number of fused-ring (bicyclic) bond motifs is 3. The van der Waals surface area contributed by atoms with E-state index in [0.717, 1.165) is 25.0 Å². The van der Waals surface area contributed by atoms with Crippen LogP contribution in [0.25, 0.3) is 32.6 Å². The number of nitrogens with zero attached hydrogens (tertiary/aromatic N) is 1. The maximum Gasteiger partial charge on any atom is 0.0557 e. The molecular weight excluding hydrogens is 390 g/mol. The Hall–Kier alpha value is -3.85. The molecule has 3 heterocycles. The summed E-state index contributed by atoms with van der Waals surface area (Å²) in [5.41, 5.74) is 5.98. The average Bonchev–Trinajstić information content (AvgIpc) is 3.44. The second-order valence-electron chi connectivity index (χ2n) is 8.42. The number of hydrogen-bond donors (Lipinski definition) is 2. The van der Waals surface area contributed by atoms with E-state index in [2.05, 4.69) is 101 Å². The van der Waals surface area contributed by atoms with Gasteiger partial charge in [0.1, 0.15) is 0 Å². The maximum atomic E-state index is 4.85. The molecule has 0 saturated carbocycles. The Labute approximate surface area is 187 Å². The van der Waals surface area contributed by atoms with E-state index < -0.39 is 0 Å². The zero-order valence-corrected chi connectivity index (χ0v) is 17.8. The predicted octanol–water partition coefficient (Wildman–Crippen LogP) is 7.00. The first kappa shape index (κ1) is 18.9. The first-order chi connectivity index (χ1) is 15.8. The monoisotopic (exact) mass is 414 g/mol. The van der Waals surface area contributed by atoms with Gasteiger partial charge in [-0.05, 0) is 65.8 Å². The molecule has 2 N–H and O–H groups in total. The molecule has 155 valence electrons. The molecule has 0 spiro atoms. The Morgan fingerprint density at radius 2 is 1.28 bits per heavy atom. The van der Waals surface area contributed by atoms with Crippen molar-refractivity contribution in [2.24, 2.45) is 0 Å². The quantitative estimate of drug-likeness (QED) is 0.303. The van der Waals surface area contributed by atoms with Gasteiger partial charge in [0.15, 0.2) is 0 Å². The molecule has 3 heteroatoms. The molecule has 0 amide bonds. The molecule has 0 saturated heterocycles. The molecule has 0 atom stereocenters. The van der Waals surface area contributed by atoms with Crippen LogP contribution in [0.1, 0.15) is 23.5 Å². The number of H-pyrrole nitrogens is 2. The molecule has 0 aliphatic rings. The second kappa shape index (κ2) is 8.01. The highest BCUT2D eigenvalue weighted by Crippen LogP contribution is 2.30. The number of aryl methyl sites for hydroxylation is 1. The van der Waals surface area contributed by atoms with E-state index in [4.69, 9.17) is 4.98 Å². The number of rotatable bonds is 6. The Kier molecular flexibility index (Phi) is 4.73. The number of aromatic amines is 2. The van der Waals surface area contributed by atoms with Crippen molar-refractivity contribution in [2.45, 2.75) is 19.3 Å². The van der Waals surface area contributed by atoms with Crippen LogP contribution in [0.2, 0.25) is 0 Å². The van der Waals surface area contributed by atoms with Gasteiger partial charge in [0.25, 0.3) is 0 Å². The van der Waals surface area contributed by atoms with Crippen LogP contribution in [0, 0.1) is 5.92 Å². The minimum atomic E-state index is 0.857. The molecule has 0 unspecified atom stereocenters. The Morgan fingerprint density at radius 3 is 2.03 bits per heavy atom. The minimum absolute atomic E-state index is 0.857. The molecular formula is C29H24N3. The molecule has 6 rings (SSSR count). The molecule has 3 aromatic carbocycles. The van der Waals surface area contributed by atoms with E-state index >= 15 is 0 Å². The minimum Gasteiger partial charge on any atom is -0.358 e.